The molecule has 34 heavy (non-hydrogen) atoms. The number of hydrogen-bond donors (Lipinski definition) is 0. The van der Waals surface area contributed by atoms with Gasteiger partial charge in [0.15, 0.2) is 0 Å². The van der Waals surface area contributed by atoms with Crippen LogP contribution < -0.4 is 4.74 Å². The maximum absolute atomic E-state index is 12.2. The lowest BCUT2D eigenvalue weighted by Gasteiger charge is -2.20. The highest BCUT2D eigenvalue weighted by molar-refractivity contribution is 7.88. The van der Waals surface area contributed by atoms with Gasteiger partial charge >= 0.3 is 0 Å². The maximum Gasteiger partial charge on any atom is 0.211 e. The molecule has 0 aliphatic carbocycles. The van der Waals surface area contributed by atoms with Gasteiger partial charge in [-0.1, -0.05) is 95.8 Å². The van der Waals surface area contributed by atoms with Gasteiger partial charge in [-0.25, -0.2) is 8.42 Å². The third kappa shape index (κ3) is 12.5. The summed E-state index contributed by atoms with van der Waals surface area (Å²) in [5, 5.41) is 0. The van der Waals surface area contributed by atoms with Gasteiger partial charge in [-0.15, -0.1) is 0 Å². The zero-order chi connectivity index (χ0) is 24.5. The van der Waals surface area contributed by atoms with Crippen LogP contribution in [-0.2, 0) is 23.1 Å². The summed E-state index contributed by atoms with van der Waals surface area (Å²) in [6, 6.07) is 13.3. The van der Waals surface area contributed by atoms with Crippen molar-refractivity contribution in [3.63, 3.8) is 0 Å². The predicted octanol–water partition coefficient (Wildman–Crippen LogP) is 7.12. The molecule has 0 atom stereocenters. The third-order valence-electron chi connectivity index (χ3n) is 6.08. The van der Waals surface area contributed by atoms with E-state index in [2.05, 4.69) is 11.9 Å². The Kier molecular flexibility index (Phi) is 13.9. The minimum atomic E-state index is -3.35. The number of aromatic nitrogens is 1. The van der Waals surface area contributed by atoms with Gasteiger partial charge in [-0.3, -0.25) is 4.98 Å². The Balaban J connectivity index is 1.59. The highest BCUT2D eigenvalue weighted by Crippen LogP contribution is 2.17. The lowest BCUT2D eigenvalue weighted by Crippen LogP contribution is -2.29. The van der Waals surface area contributed by atoms with Crippen LogP contribution in [0.1, 0.15) is 95.2 Å². The summed E-state index contributed by atoms with van der Waals surface area (Å²) in [6.07, 6.45) is 18.9. The van der Waals surface area contributed by atoms with Gasteiger partial charge < -0.3 is 4.74 Å². The zero-order valence-electron chi connectivity index (χ0n) is 21.3. The van der Waals surface area contributed by atoms with Crippen LogP contribution in [0.25, 0.3) is 0 Å². The van der Waals surface area contributed by atoms with E-state index in [-0.39, 0.29) is 6.54 Å². The molecular formula is C28H44N2O3S. The quantitative estimate of drug-likeness (QED) is 0.197. The topological polar surface area (TPSA) is 59.5 Å². The molecular weight excluding hydrogens is 444 g/mol. The molecule has 0 saturated heterocycles. The Labute approximate surface area is 208 Å². The molecule has 2 aromatic rings. The van der Waals surface area contributed by atoms with E-state index < -0.39 is 10.0 Å². The summed E-state index contributed by atoms with van der Waals surface area (Å²) in [7, 11) is -3.35. The number of nitrogens with zero attached hydrogens (tertiary/aromatic N) is 2. The van der Waals surface area contributed by atoms with E-state index in [1.807, 2.05) is 42.5 Å². The summed E-state index contributed by atoms with van der Waals surface area (Å²) >= 11 is 0. The predicted molar refractivity (Wildman–Crippen MR) is 141 cm³/mol. The van der Waals surface area contributed by atoms with Crippen LogP contribution in [0.4, 0.5) is 0 Å². The molecule has 0 amide bonds. The molecule has 5 nitrogen and oxygen atoms in total. The fourth-order valence-corrected chi connectivity index (χ4v) is 4.74. The molecule has 0 aliphatic rings. The second-order valence-electron chi connectivity index (χ2n) is 9.23. The van der Waals surface area contributed by atoms with Gasteiger partial charge in [-0.05, 0) is 36.2 Å². The molecule has 0 fully saturated rings. The van der Waals surface area contributed by atoms with Gasteiger partial charge in [0, 0.05) is 12.7 Å². The summed E-state index contributed by atoms with van der Waals surface area (Å²) in [5.41, 5.74) is 1.66. The minimum absolute atomic E-state index is 0.261. The lowest BCUT2D eigenvalue weighted by molar-refractivity contribution is 0.304. The summed E-state index contributed by atoms with van der Waals surface area (Å²) in [5.74, 6) is 0.836. The van der Waals surface area contributed by atoms with Crippen molar-refractivity contribution < 1.29 is 13.2 Å². The SMILES string of the molecule is CCCCCCCCCCCCCCOc1ccc(CN(Cc2ccccn2)S(C)(=O)=O)cc1. The van der Waals surface area contributed by atoms with E-state index in [1.165, 1.54) is 81.2 Å². The molecule has 0 bridgehead atoms. The standard InChI is InChI=1S/C28H44N2O3S/c1-3-4-5-6-7-8-9-10-11-12-13-16-23-33-28-20-18-26(19-21-28)24-30(34(2,31)32)25-27-17-14-15-22-29-27/h14-15,17-22H,3-13,16,23-25H2,1-2H3. The molecule has 190 valence electrons. The number of sulfonamides is 1. The molecule has 1 aromatic heterocycles. The van der Waals surface area contributed by atoms with Crippen LogP contribution in [0, 0.1) is 0 Å². The van der Waals surface area contributed by atoms with E-state index in [1.54, 1.807) is 6.20 Å². The average Bonchev–Trinajstić information content (AvgIpc) is 2.83. The Bertz CT molecular complexity index is 870. The third-order valence-corrected chi connectivity index (χ3v) is 7.28. The fraction of sp³-hybridized carbons (Fsp3) is 0.607. The van der Waals surface area contributed by atoms with Crippen molar-refractivity contribution >= 4 is 10.0 Å². The molecule has 6 heteroatoms. The number of benzene rings is 1. The first-order valence-electron chi connectivity index (χ1n) is 13.1. The van der Waals surface area contributed by atoms with E-state index in [0.717, 1.165) is 30.0 Å². The second kappa shape index (κ2) is 16.7. The van der Waals surface area contributed by atoms with Crippen molar-refractivity contribution in [2.75, 3.05) is 12.9 Å². The van der Waals surface area contributed by atoms with E-state index >= 15 is 0 Å². The van der Waals surface area contributed by atoms with E-state index in [4.69, 9.17) is 4.74 Å². The Morgan fingerprint density at radius 2 is 1.35 bits per heavy atom. The summed E-state index contributed by atoms with van der Waals surface area (Å²) < 4.78 is 31.8. The number of ether oxygens (including phenoxy) is 1. The Hall–Kier alpha value is -1.92. The first-order chi connectivity index (χ1) is 16.5. The van der Waals surface area contributed by atoms with Crippen LogP contribution in [0.3, 0.4) is 0 Å². The molecule has 0 N–H and O–H groups in total. The molecule has 0 spiro atoms. The number of pyridine rings is 1. The highest BCUT2D eigenvalue weighted by Gasteiger charge is 2.18. The first-order valence-corrected chi connectivity index (χ1v) is 14.9. The van der Waals surface area contributed by atoms with Gasteiger partial charge in [-0.2, -0.15) is 4.31 Å². The summed E-state index contributed by atoms with van der Waals surface area (Å²) in [6.45, 7) is 3.57. The lowest BCUT2D eigenvalue weighted by atomic mass is 10.1. The second-order valence-corrected chi connectivity index (χ2v) is 11.2. The smallest absolute Gasteiger partial charge is 0.211 e. The van der Waals surface area contributed by atoms with Crippen molar-refractivity contribution in [1.29, 1.82) is 0 Å². The van der Waals surface area contributed by atoms with Crippen LogP contribution >= 0.6 is 0 Å². The van der Waals surface area contributed by atoms with E-state index in [9.17, 15) is 8.42 Å². The normalized spacial score (nSPS) is 11.7. The van der Waals surface area contributed by atoms with Gasteiger partial charge in [0.05, 0.1) is 25.1 Å². The van der Waals surface area contributed by atoms with Crippen LogP contribution in [0.5, 0.6) is 5.75 Å². The monoisotopic (exact) mass is 488 g/mol. The molecule has 0 radical (unpaired) electrons. The molecule has 2 rings (SSSR count). The molecule has 0 aliphatic heterocycles. The zero-order valence-corrected chi connectivity index (χ0v) is 22.1. The molecule has 1 aromatic carbocycles. The number of unbranched alkanes of at least 4 members (excludes halogenated alkanes) is 11. The summed E-state index contributed by atoms with van der Waals surface area (Å²) in [4.78, 5) is 4.25. The van der Waals surface area contributed by atoms with Gasteiger partial charge in [0.2, 0.25) is 10.0 Å². The fourth-order valence-electron chi connectivity index (χ4n) is 3.99. The van der Waals surface area contributed by atoms with Gasteiger partial charge in [0.1, 0.15) is 5.75 Å². The highest BCUT2D eigenvalue weighted by atomic mass is 32.2. The Morgan fingerprint density at radius 1 is 0.765 bits per heavy atom. The molecule has 0 saturated carbocycles. The first kappa shape index (κ1) is 28.3. The minimum Gasteiger partial charge on any atom is -0.494 e. The largest absolute Gasteiger partial charge is 0.494 e. The van der Waals surface area contributed by atoms with Crippen LogP contribution in [0.15, 0.2) is 48.7 Å². The average molecular weight is 489 g/mol. The van der Waals surface area contributed by atoms with Crippen molar-refractivity contribution in [1.82, 2.24) is 9.29 Å². The van der Waals surface area contributed by atoms with Crippen molar-refractivity contribution in [3.8, 4) is 5.75 Å². The van der Waals surface area contributed by atoms with Gasteiger partial charge in [0.25, 0.3) is 0 Å². The number of rotatable bonds is 19. The molecule has 0 unspecified atom stereocenters. The van der Waals surface area contributed by atoms with Crippen molar-refractivity contribution in [2.24, 2.45) is 0 Å². The maximum atomic E-state index is 12.2. The van der Waals surface area contributed by atoms with Crippen LogP contribution in [-0.4, -0.2) is 30.6 Å². The van der Waals surface area contributed by atoms with Crippen LogP contribution in [0.2, 0.25) is 0 Å². The molecule has 1 heterocycles. The van der Waals surface area contributed by atoms with Crippen molar-refractivity contribution in [2.45, 2.75) is 97.1 Å². The van der Waals surface area contributed by atoms with Crippen molar-refractivity contribution in [3.05, 3.63) is 59.9 Å². The Morgan fingerprint density at radius 3 is 1.88 bits per heavy atom. The van der Waals surface area contributed by atoms with E-state index in [0.29, 0.717) is 6.54 Å². The number of hydrogen-bond acceptors (Lipinski definition) is 4.